The van der Waals surface area contributed by atoms with Gasteiger partial charge in [0.05, 0.1) is 10.7 Å². The Hall–Kier alpha value is -0.800. The molecule has 2 rings (SSSR count). The smallest absolute Gasteiger partial charge is 0.235 e. The summed E-state index contributed by atoms with van der Waals surface area (Å²) in [4.78, 5) is 7.09. The molecular formula is C11H5Cl4F3N2O2S. The van der Waals surface area contributed by atoms with Gasteiger partial charge in [-0.25, -0.2) is 23.1 Å². The Morgan fingerprint density at radius 3 is 2.13 bits per heavy atom. The fourth-order valence-corrected chi connectivity index (χ4v) is 1.85. The summed E-state index contributed by atoms with van der Waals surface area (Å²) in [5.74, 6) is -0.691. The molecule has 0 aliphatic carbocycles. The predicted octanol–water partition coefficient (Wildman–Crippen LogP) is 5.24. The Bertz CT molecular complexity index is 798. The van der Waals surface area contributed by atoms with Crippen molar-refractivity contribution < 1.29 is 21.6 Å². The summed E-state index contributed by atoms with van der Waals surface area (Å²) in [5.41, 5.74) is -0.721. The van der Waals surface area contributed by atoms with Gasteiger partial charge in [0.15, 0.2) is 0 Å². The molecule has 0 unspecified atom stereocenters. The number of hydrogen-bond acceptors (Lipinski definition) is 4. The zero-order valence-corrected chi connectivity index (χ0v) is 14.5. The quantitative estimate of drug-likeness (QED) is 0.615. The standard InChI is InChI=1S/C11H5Cl2F3N2.Cl2O2S/c12-5-1-2-6(7(14)3-5)9-8(13)10(11(15)16)18-4-17-9;1-5(2,3)4/h1-4,11H;. The minimum Gasteiger partial charge on any atom is -0.235 e. The second-order valence-electron chi connectivity index (χ2n) is 3.72. The minimum atomic E-state index is -3.72. The third-order valence-electron chi connectivity index (χ3n) is 2.21. The Morgan fingerprint density at radius 2 is 1.65 bits per heavy atom. The first kappa shape index (κ1) is 20.2. The summed E-state index contributed by atoms with van der Waals surface area (Å²) in [6.07, 6.45) is -1.94. The van der Waals surface area contributed by atoms with Gasteiger partial charge in [0, 0.05) is 32.0 Å². The van der Waals surface area contributed by atoms with Crippen LogP contribution in [0.4, 0.5) is 13.2 Å². The molecule has 0 saturated carbocycles. The Morgan fingerprint density at radius 1 is 1.09 bits per heavy atom. The van der Waals surface area contributed by atoms with Gasteiger partial charge in [0.1, 0.15) is 17.8 Å². The third-order valence-corrected chi connectivity index (χ3v) is 2.82. The molecule has 0 bridgehead atoms. The maximum Gasteiger partial charge on any atom is 0.317 e. The molecule has 0 N–H and O–H groups in total. The van der Waals surface area contributed by atoms with E-state index in [1.54, 1.807) is 0 Å². The lowest BCUT2D eigenvalue weighted by Gasteiger charge is -2.08. The third kappa shape index (κ3) is 6.68. The molecule has 0 radical (unpaired) electrons. The monoisotopic (exact) mass is 426 g/mol. The van der Waals surface area contributed by atoms with Crippen molar-refractivity contribution in [2.75, 3.05) is 0 Å². The van der Waals surface area contributed by atoms with Crippen LogP contribution < -0.4 is 0 Å². The molecule has 0 aliphatic rings. The zero-order chi connectivity index (χ0) is 17.8. The lowest BCUT2D eigenvalue weighted by molar-refractivity contribution is 0.146. The fraction of sp³-hybridized carbons (Fsp3) is 0.0909. The number of rotatable bonds is 2. The molecule has 1 aromatic heterocycles. The molecule has 1 heterocycles. The highest BCUT2D eigenvalue weighted by Gasteiger charge is 2.20. The summed E-state index contributed by atoms with van der Waals surface area (Å²) in [6, 6.07) is 3.79. The van der Waals surface area contributed by atoms with E-state index in [9.17, 15) is 13.2 Å². The second kappa shape index (κ2) is 8.34. The molecule has 0 amide bonds. The van der Waals surface area contributed by atoms with Crippen molar-refractivity contribution in [3.05, 3.63) is 46.1 Å². The number of alkyl halides is 2. The highest BCUT2D eigenvalue weighted by Crippen LogP contribution is 2.34. The summed E-state index contributed by atoms with van der Waals surface area (Å²) in [6.45, 7) is 0. The van der Waals surface area contributed by atoms with Crippen LogP contribution in [0.25, 0.3) is 11.3 Å². The number of halogens is 7. The number of aromatic nitrogens is 2. The lowest BCUT2D eigenvalue weighted by Crippen LogP contribution is -1.97. The topological polar surface area (TPSA) is 59.9 Å². The van der Waals surface area contributed by atoms with Crippen molar-refractivity contribution in [1.29, 1.82) is 0 Å². The van der Waals surface area contributed by atoms with E-state index in [1.807, 2.05) is 0 Å². The van der Waals surface area contributed by atoms with E-state index in [0.717, 1.165) is 12.4 Å². The summed E-state index contributed by atoms with van der Waals surface area (Å²) >= 11 is 11.3. The SMILES string of the molecule is Fc1cc(Cl)ccc1-c1ncnc(C(F)F)c1Cl.O=S(=O)(Cl)Cl. The second-order valence-corrected chi connectivity index (χ2v) is 8.21. The summed E-state index contributed by atoms with van der Waals surface area (Å²) < 4.78 is 57.2. The van der Waals surface area contributed by atoms with Crippen LogP contribution in [0.1, 0.15) is 12.1 Å². The van der Waals surface area contributed by atoms with E-state index in [0.29, 0.717) is 0 Å². The van der Waals surface area contributed by atoms with Gasteiger partial charge in [-0.05, 0) is 18.2 Å². The summed E-state index contributed by atoms with van der Waals surface area (Å²) in [5, 5.41) is -0.177. The first-order valence-corrected chi connectivity index (χ1v) is 9.28. The van der Waals surface area contributed by atoms with Gasteiger partial charge < -0.3 is 0 Å². The predicted molar refractivity (Wildman–Crippen MR) is 83.0 cm³/mol. The molecule has 0 atom stereocenters. The average Bonchev–Trinajstić information content (AvgIpc) is 2.37. The molecule has 1 aromatic carbocycles. The first-order valence-electron chi connectivity index (χ1n) is 5.39. The van der Waals surface area contributed by atoms with Crippen LogP contribution >= 0.6 is 44.6 Å². The number of benzene rings is 1. The van der Waals surface area contributed by atoms with Crippen LogP contribution in [0, 0.1) is 5.82 Å². The zero-order valence-electron chi connectivity index (χ0n) is 10.7. The van der Waals surface area contributed by atoms with Crippen LogP contribution in [-0.2, 0) is 8.26 Å². The van der Waals surface area contributed by atoms with E-state index in [1.165, 1.54) is 12.1 Å². The van der Waals surface area contributed by atoms with Gasteiger partial charge in [0.2, 0.25) is 0 Å². The minimum absolute atomic E-state index is 0.00583. The molecular weight excluding hydrogens is 423 g/mol. The molecule has 0 aliphatic heterocycles. The molecule has 12 heteroatoms. The Kier molecular flexibility index (Phi) is 7.34. The van der Waals surface area contributed by atoms with Crippen LogP contribution in [-0.4, -0.2) is 18.4 Å². The van der Waals surface area contributed by atoms with E-state index < -0.39 is 26.2 Å². The molecule has 4 nitrogen and oxygen atoms in total. The van der Waals surface area contributed by atoms with Gasteiger partial charge in [-0.15, -0.1) is 0 Å². The van der Waals surface area contributed by atoms with Crippen LogP contribution in [0.15, 0.2) is 24.5 Å². The van der Waals surface area contributed by atoms with Crippen molar-refractivity contribution in [3.63, 3.8) is 0 Å². The Balaban J connectivity index is 0.000000463. The molecule has 126 valence electrons. The van der Waals surface area contributed by atoms with E-state index in [2.05, 4.69) is 31.3 Å². The van der Waals surface area contributed by atoms with Gasteiger partial charge in [0.25, 0.3) is 6.43 Å². The van der Waals surface area contributed by atoms with Crippen molar-refractivity contribution in [3.8, 4) is 11.3 Å². The fourth-order valence-electron chi connectivity index (χ4n) is 1.40. The largest absolute Gasteiger partial charge is 0.317 e. The summed E-state index contributed by atoms with van der Waals surface area (Å²) in [7, 11) is 4.81. The molecule has 0 spiro atoms. The van der Waals surface area contributed by atoms with Gasteiger partial charge in [-0.2, -0.15) is 8.42 Å². The van der Waals surface area contributed by atoms with E-state index in [-0.39, 0.29) is 21.3 Å². The van der Waals surface area contributed by atoms with E-state index in [4.69, 9.17) is 31.6 Å². The van der Waals surface area contributed by atoms with Crippen LogP contribution in [0.3, 0.4) is 0 Å². The lowest BCUT2D eigenvalue weighted by atomic mass is 10.1. The Labute approximate surface area is 148 Å². The van der Waals surface area contributed by atoms with Crippen LogP contribution in [0.5, 0.6) is 0 Å². The van der Waals surface area contributed by atoms with Gasteiger partial charge in [-0.1, -0.05) is 23.2 Å². The maximum absolute atomic E-state index is 13.7. The molecule has 23 heavy (non-hydrogen) atoms. The molecule has 0 fully saturated rings. The molecule has 0 saturated heterocycles. The van der Waals surface area contributed by atoms with E-state index >= 15 is 0 Å². The van der Waals surface area contributed by atoms with Crippen LogP contribution in [0.2, 0.25) is 10.0 Å². The van der Waals surface area contributed by atoms with Crippen molar-refractivity contribution in [1.82, 2.24) is 9.97 Å². The van der Waals surface area contributed by atoms with Gasteiger partial charge in [-0.3, -0.25) is 0 Å². The van der Waals surface area contributed by atoms with Crippen molar-refractivity contribution in [2.45, 2.75) is 6.43 Å². The van der Waals surface area contributed by atoms with Crippen molar-refractivity contribution in [2.24, 2.45) is 0 Å². The van der Waals surface area contributed by atoms with Crippen molar-refractivity contribution >= 4 is 52.8 Å². The number of nitrogens with zero attached hydrogens (tertiary/aromatic N) is 2. The van der Waals surface area contributed by atoms with Gasteiger partial charge >= 0.3 is 8.26 Å². The number of hydrogen-bond donors (Lipinski definition) is 0. The first-order chi connectivity index (χ1) is 10.5. The maximum atomic E-state index is 13.7. The highest BCUT2D eigenvalue weighted by molar-refractivity contribution is 8.31. The highest BCUT2D eigenvalue weighted by atomic mass is 36.0. The normalized spacial score (nSPS) is 11.1. The average molecular weight is 428 g/mol. The molecule has 2 aromatic rings.